The number of carbonyl (C=O) groups is 1. The lowest BCUT2D eigenvalue weighted by molar-refractivity contribution is -0.386. The van der Waals surface area contributed by atoms with E-state index in [1.54, 1.807) is 30.3 Å². The van der Waals surface area contributed by atoms with Crippen LogP contribution in [0.2, 0.25) is 0 Å². The number of ketones is 1. The Morgan fingerprint density at radius 1 is 1.24 bits per heavy atom. The number of nitro groups is 1. The van der Waals surface area contributed by atoms with Crippen molar-refractivity contribution >= 4 is 11.5 Å². The molecule has 0 fully saturated rings. The number of para-hydroxylation sites is 1. The molecule has 0 atom stereocenters. The maximum Gasteiger partial charge on any atom is 0.449 e. The zero-order chi connectivity index (χ0) is 18.8. The van der Waals surface area contributed by atoms with Crippen LogP contribution in [0.25, 0.3) is 5.69 Å². The molecular weight excluding hydrogens is 343 g/mol. The molecule has 2 aromatic rings. The maximum atomic E-state index is 12.4. The number of nitrogens with zero attached hydrogens (tertiary/aromatic N) is 3. The van der Waals surface area contributed by atoms with Crippen molar-refractivity contribution in [1.82, 2.24) is 9.36 Å². The fraction of sp³-hybridized carbons (Fsp3) is 0.333. The Bertz CT molecular complexity index is 853. The van der Waals surface area contributed by atoms with Crippen LogP contribution in [0.15, 0.2) is 35.1 Å². The smallest absolute Gasteiger partial charge is 0.290 e. The van der Waals surface area contributed by atoms with Crippen LogP contribution in [0.5, 0.6) is 0 Å². The lowest BCUT2D eigenvalue weighted by Crippen LogP contribution is -2.22. The highest BCUT2D eigenvalue weighted by molar-refractivity contribution is 5.83. The van der Waals surface area contributed by atoms with Crippen molar-refractivity contribution in [3.05, 3.63) is 56.5 Å². The third kappa shape index (κ3) is 3.78. The minimum atomic E-state index is -4.94. The quantitative estimate of drug-likeness (QED) is 0.587. The fourth-order valence-corrected chi connectivity index (χ4v) is 2.52. The van der Waals surface area contributed by atoms with Gasteiger partial charge in [-0.05, 0) is 25.0 Å². The second-order valence-electron chi connectivity index (χ2n) is 5.30. The van der Waals surface area contributed by atoms with E-state index in [9.17, 15) is 32.9 Å². The van der Waals surface area contributed by atoms with Crippen molar-refractivity contribution in [1.29, 1.82) is 0 Å². The standard InChI is InChI=1S/C15H14F3N3O4/c1-19-11(8-5-9-12(22)15(16,17)18)13(21(24)25)14(23)20(19)10-6-3-2-4-7-10/h2-4,6-7H,5,8-9H2,1H3. The summed E-state index contributed by atoms with van der Waals surface area (Å²) in [5.41, 5.74) is -1.23. The zero-order valence-electron chi connectivity index (χ0n) is 13.1. The van der Waals surface area contributed by atoms with Gasteiger partial charge < -0.3 is 0 Å². The van der Waals surface area contributed by atoms with Crippen LogP contribution in [-0.4, -0.2) is 26.2 Å². The second kappa shape index (κ2) is 6.91. The number of carbonyl (C=O) groups excluding carboxylic acids is 1. The van der Waals surface area contributed by atoms with E-state index in [4.69, 9.17) is 0 Å². The SMILES string of the molecule is Cn1c(CCCC(=O)C(F)(F)F)c([N+](=O)[O-])c(=O)n1-c1ccccc1. The van der Waals surface area contributed by atoms with E-state index in [0.717, 1.165) is 4.68 Å². The summed E-state index contributed by atoms with van der Waals surface area (Å²) in [6.45, 7) is 0. The normalized spacial score (nSPS) is 11.5. The number of hydrogen-bond donors (Lipinski definition) is 0. The van der Waals surface area contributed by atoms with Crippen molar-refractivity contribution in [2.75, 3.05) is 0 Å². The molecule has 0 spiro atoms. The fourth-order valence-electron chi connectivity index (χ4n) is 2.52. The highest BCUT2D eigenvalue weighted by Crippen LogP contribution is 2.22. The monoisotopic (exact) mass is 357 g/mol. The maximum absolute atomic E-state index is 12.4. The molecule has 0 aliphatic carbocycles. The van der Waals surface area contributed by atoms with E-state index < -0.39 is 34.6 Å². The van der Waals surface area contributed by atoms with E-state index in [1.165, 1.54) is 11.7 Å². The van der Waals surface area contributed by atoms with Gasteiger partial charge in [0, 0.05) is 13.5 Å². The van der Waals surface area contributed by atoms with Crippen molar-refractivity contribution < 1.29 is 22.9 Å². The molecule has 1 aromatic heterocycles. The van der Waals surface area contributed by atoms with Gasteiger partial charge in [-0.2, -0.15) is 13.2 Å². The van der Waals surface area contributed by atoms with Gasteiger partial charge in [0.15, 0.2) is 0 Å². The predicted molar refractivity (Wildman–Crippen MR) is 81.7 cm³/mol. The molecular formula is C15H14F3N3O4. The average Bonchev–Trinajstić information content (AvgIpc) is 2.78. The molecule has 1 aromatic carbocycles. The Hall–Kier alpha value is -2.91. The van der Waals surface area contributed by atoms with Gasteiger partial charge in [0.2, 0.25) is 5.78 Å². The topological polar surface area (TPSA) is 87.1 Å². The van der Waals surface area contributed by atoms with Gasteiger partial charge in [-0.3, -0.25) is 24.4 Å². The first kappa shape index (κ1) is 18.4. The summed E-state index contributed by atoms with van der Waals surface area (Å²) < 4.78 is 39.0. The summed E-state index contributed by atoms with van der Waals surface area (Å²) in [7, 11) is 1.41. The van der Waals surface area contributed by atoms with Crippen LogP contribution < -0.4 is 5.56 Å². The molecule has 10 heteroatoms. The van der Waals surface area contributed by atoms with Crippen LogP contribution in [-0.2, 0) is 18.3 Å². The minimum Gasteiger partial charge on any atom is -0.290 e. The molecule has 134 valence electrons. The van der Waals surface area contributed by atoms with Gasteiger partial charge in [-0.1, -0.05) is 18.2 Å². The summed E-state index contributed by atoms with van der Waals surface area (Å²) in [4.78, 5) is 33.7. The molecule has 0 amide bonds. The lowest BCUT2D eigenvalue weighted by Gasteiger charge is -2.09. The molecule has 25 heavy (non-hydrogen) atoms. The Balaban J connectivity index is 2.37. The molecule has 0 aliphatic rings. The molecule has 0 saturated heterocycles. The number of Topliss-reactive ketones (excluding diaryl/α,β-unsaturated/α-hetero) is 1. The number of alkyl halides is 3. The highest BCUT2D eigenvalue weighted by Gasteiger charge is 2.37. The molecule has 0 aliphatic heterocycles. The van der Waals surface area contributed by atoms with Crippen molar-refractivity contribution in [3.8, 4) is 5.69 Å². The third-order valence-corrected chi connectivity index (χ3v) is 3.68. The minimum absolute atomic E-state index is 0.0335. The summed E-state index contributed by atoms with van der Waals surface area (Å²) in [6, 6.07) is 8.13. The van der Waals surface area contributed by atoms with Crippen molar-refractivity contribution in [2.45, 2.75) is 25.4 Å². The van der Waals surface area contributed by atoms with Gasteiger partial charge >= 0.3 is 17.4 Å². The van der Waals surface area contributed by atoms with Gasteiger partial charge in [0.05, 0.1) is 10.6 Å². The van der Waals surface area contributed by atoms with E-state index in [1.807, 2.05) is 0 Å². The molecule has 0 N–H and O–H groups in total. The van der Waals surface area contributed by atoms with E-state index in [2.05, 4.69) is 0 Å². The molecule has 0 bridgehead atoms. The van der Waals surface area contributed by atoms with Gasteiger partial charge in [-0.15, -0.1) is 0 Å². The largest absolute Gasteiger partial charge is 0.449 e. The highest BCUT2D eigenvalue weighted by atomic mass is 19.4. The average molecular weight is 357 g/mol. The molecule has 0 unspecified atom stereocenters. The van der Waals surface area contributed by atoms with Gasteiger partial charge in [0.25, 0.3) is 0 Å². The summed E-state index contributed by atoms with van der Waals surface area (Å²) in [5, 5.41) is 11.2. The van der Waals surface area contributed by atoms with E-state index in [0.29, 0.717) is 5.69 Å². The first-order valence-corrected chi connectivity index (χ1v) is 7.25. The Morgan fingerprint density at radius 2 is 1.84 bits per heavy atom. The first-order chi connectivity index (χ1) is 11.6. The number of rotatable bonds is 6. The van der Waals surface area contributed by atoms with Crippen LogP contribution >= 0.6 is 0 Å². The lowest BCUT2D eigenvalue weighted by atomic mass is 10.1. The molecule has 0 radical (unpaired) electrons. The molecule has 1 heterocycles. The van der Waals surface area contributed by atoms with Gasteiger partial charge in [0.1, 0.15) is 5.69 Å². The number of benzene rings is 1. The zero-order valence-corrected chi connectivity index (χ0v) is 13.1. The predicted octanol–water partition coefficient (Wildman–Crippen LogP) is 2.54. The van der Waals surface area contributed by atoms with E-state index >= 15 is 0 Å². The van der Waals surface area contributed by atoms with Crippen molar-refractivity contribution in [3.63, 3.8) is 0 Å². The number of hydrogen-bond acceptors (Lipinski definition) is 4. The summed E-state index contributed by atoms with van der Waals surface area (Å²) in [6.07, 6.45) is -6.20. The Kier molecular flexibility index (Phi) is 5.10. The Morgan fingerprint density at radius 3 is 2.36 bits per heavy atom. The van der Waals surface area contributed by atoms with E-state index in [-0.39, 0.29) is 18.5 Å². The van der Waals surface area contributed by atoms with Crippen LogP contribution in [0.4, 0.5) is 18.9 Å². The molecule has 2 rings (SSSR count). The third-order valence-electron chi connectivity index (χ3n) is 3.68. The summed E-state index contributed by atoms with van der Waals surface area (Å²) in [5.74, 6) is -1.90. The van der Waals surface area contributed by atoms with Crippen molar-refractivity contribution in [2.24, 2.45) is 7.05 Å². The van der Waals surface area contributed by atoms with Crippen LogP contribution in [0, 0.1) is 10.1 Å². The first-order valence-electron chi connectivity index (χ1n) is 7.25. The van der Waals surface area contributed by atoms with Crippen LogP contribution in [0.3, 0.4) is 0 Å². The number of aromatic nitrogens is 2. The second-order valence-corrected chi connectivity index (χ2v) is 5.30. The Labute approximate surface area is 139 Å². The summed E-state index contributed by atoms with van der Waals surface area (Å²) >= 11 is 0. The molecule has 7 nitrogen and oxygen atoms in total. The molecule has 0 saturated carbocycles. The van der Waals surface area contributed by atoms with Crippen LogP contribution in [0.1, 0.15) is 18.5 Å². The van der Waals surface area contributed by atoms with Gasteiger partial charge in [-0.25, -0.2) is 4.68 Å². The number of halogens is 3.